The number of para-hydroxylation sites is 1. The molecule has 1 aromatic heterocycles. The largest absolute Gasteiger partial charge is 0.493 e. The van der Waals surface area contributed by atoms with Gasteiger partial charge >= 0.3 is 5.97 Å². The molecule has 1 heterocycles. The maximum atomic E-state index is 12.0. The molecule has 0 saturated carbocycles. The average molecular weight is 331 g/mol. The Balaban J connectivity index is 1.79. The molecule has 0 aliphatic rings. The van der Waals surface area contributed by atoms with Crippen molar-refractivity contribution in [1.82, 2.24) is 5.32 Å². The van der Waals surface area contributed by atoms with Crippen LogP contribution in [0.2, 0.25) is 0 Å². The van der Waals surface area contributed by atoms with Crippen molar-refractivity contribution in [2.45, 2.75) is 26.7 Å². The number of hydrogen-bond donors (Lipinski definition) is 2. The van der Waals surface area contributed by atoms with Gasteiger partial charge in [0.05, 0.1) is 6.61 Å². The lowest BCUT2D eigenvalue weighted by atomic mass is 10.2. The second-order valence-corrected chi connectivity index (χ2v) is 5.33. The number of aryl methyl sites for hydroxylation is 2. The van der Waals surface area contributed by atoms with Gasteiger partial charge in [0, 0.05) is 19.0 Å². The first-order chi connectivity index (χ1) is 11.5. The van der Waals surface area contributed by atoms with Crippen molar-refractivity contribution >= 4 is 11.9 Å². The number of amides is 1. The quantitative estimate of drug-likeness (QED) is 0.726. The molecule has 128 valence electrons. The predicted molar refractivity (Wildman–Crippen MR) is 88.7 cm³/mol. The summed E-state index contributed by atoms with van der Waals surface area (Å²) in [6, 6.07) is 8.99. The second kappa shape index (κ2) is 8.19. The first-order valence-electron chi connectivity index (χ1n) is 7.85. The number of rotatable bonds is 8. The highest BCUT2D eigenvalue weighted by atomic mass is 16.5. The lowest BCUT2D eigenvalue weighted by molar-refractivity contribution is 0.0694. The monoisotopic (exact) mass is 331 g/mol. The van der Waals surface area contributed by atoms with Crippen molar-refractivity contribution in [2.75, 3.05) is 13.2 Å². The maximum absolute atomic E-state index is 12.0. The lowest BCUT2D eigenvalue weighted by Gasteiger charge is -2.08. The van der Waals surface area contributed by atoms with Gasteiger partial charge in [0.2, 0.25) is 0 Å². The number of carboxylic acids is 1. The first-order valence-corrected chi connectivity index (χ1v) is 7.85. The van der Waals surface area contributed by atoms with E-state index >= 15 is 0 Å². The summed E-state index contributed by atoms with van der Waals surface area (Å²) in [4.78, 5) is 23.1. The van der Waals surface area contributed by atoms with E-state index in [9.17, 15) is 9.59 Å². The molecule has 2 N–H and O–H groups in total. The molecule has 2 aromatic rings. The lowest BCUT2D eigenvalue weighted by Crippen LogP contribution is -2.25. The Hall–Kier alpha value is -2.76. The van der Waals surface area contributed by atoms with Gasteiger partial charge in [-0.05, 0) is 25.0 Å². The molecule has 1 aromatic carbocycles. The molecule has 6 heteroatoms. The van der Waals surface area contributed by atoms with Crippen LogP contribution in [0.5, 0.6) is 5.75 Å². The highest BCUT2D eigenvalue weighted by Crippen LogP contribution is 2.17. The molecule has 6 nitrogen and oxygen atoms in total. The van der Waals surface area contributed by atoms with Gasteiger partial charge < -0.3 is 19.6 Å². The van der Waals surface area contributed by atoms with Crippen molar-refractivity contribution in [3.63, 3.8) is 0 Å². The van der Waals surface area contributed by atoms with Crippen LogP contribution in [0.3, 0.4) is 0 Å². The molecule has 2 rings (SSSR count). The summed E-state index contributed by atoms with van der Waals surface area (Å²) in [6.45, 7) is 4.63. The van der Waals surface area contributed by atoms with Crippen LogP contribution in [0.4, 0.5) is 0 Å². The van der Waals surface area contributed by atoms with E-state index < -0.39 is 11.9 Å². The van der Waals surface area contributed by atoms with Gasteiger partial charge in [0.25, 0.3) is 5.91 Å². The topological polar surface area (TPSA) is 88.8 Å². The molecule has 0 fully saturated rings. The summed E-state index contributed by atoms with van der Waals surface area (Å²) in [6.07, 6.45) is 1.05. The smallest absolute Gasteiger partial charge is 0.339 e. The fraction of sp³-hybridized carbons (Fsp3) is 0.333. The third kappa shape index (κ3) is 4.38. The number of aromatic carboxylic acids is 1. The van der Waals surface area contributed by atoms with E-state index in [4.69, 9.17) is 14.3 Å². The molecular formula is C18H21NO5. The Bertz CT molecular complexity index is 720. The molecular weight excluding hydrogens is 310 g/mol. The zero-order valence-corrected chi connectivity index (χ0v) is 13.8. The van der Waals surface area contributed by atoms with Crippen LogP contribution in [0.15, 0.2) is 34.7 Å². The number of carbonyl (C=O) groups is 2. The van der Waals surface area contributed by atoms with Crippen LogP contribution in [0, 0.1) is 6.92 Å². The summed E-state index contributed by atoms with van der Waals surface area (Å²) in [5, 5.41) is 11.8. The van der Waals surface area contributed by atoms with Crippen LogP contribution in [-0.2, 0) is 6.42 Å². The number of nitrogens with one attached hydrogen (secondary N) is 1. The van der Waals surface area contributed by atoms with Gasteiger partial charge in [0.1, 0.15) is 17.1 Å². The molecule has 1 amide bonds. The fourth-order valence-corrected chi connectivity index (χ4v) is 2.25. The second-order valence-electron chi connectivity index (χ2n) is 5.33. The van der Waals surface area contributed by atoms with Gasteiger partial charge in [-0.3, -0.25) is 4.79 Å². The van der Waals surface area contributed by atoms with Crippen molar-refractivity contribution in [3.05, 3.63) is 53.0 Å². The number of carbonyl (C=O) groups excluding carboxylic acids is 1. The number of ether oxygens (including phenoxy) is 1. The van der Waals surface area contributed by atoms with Crippen molar-refractivity contribution in [2.24, 2.45) is 0 Å². The average Bonchev–Trinajstić information content (AvgIpc) is 3.00. The molecule has 0 saturated heterocycles. The van der Waals surface area contributed by atoms with Gasteiger partial charge in [-0.25, -0.2) is 4.79 Å². The Morgan fingerprint density at radius 3 is 2.67 bits per heavy atom. The van der Waals surface area contributed by atoms with Gasteiger partial charge in [-0.2, -0.15) is 0 Å². The number of carboxylic acid groups (broad SMARTS) is 1. The normalized spacial score (nSPS) is 10.4. The van der Waals surface area contributed by atoms with Crippen LogP contribution >= 0.6 is 0 Å². The SMILES string of the molecule is CCc1oc(C(=O)NCCCOc2ccccc2C)cc1C(=O)O. The Morgan fingerprint density at radius 1 is 1.29 bits per heavy atom. The molecule has 0 unspecified atom stereocenters. The third-order valence-corrected chi connectivity index (χ3v) is 3.54. The number of furan rings is 1. The molecule has 0 bridgehead atoms. The van der Waals surface area contributed by atoms with E-state index in [1.165, 1.54) is 6.07 Å². The molecule has 0 spiro atoms. The van der Waals surface area contributed by atoms with Crippen molar-refractivity contribution < 1.29 is 23.8 Å². The van der Waals surface area contributed by atoms with Gasteiger partial charge in [-0.15, -0.1) is 0 Å². The van der Waals surface area contributed by atoms with E-state index in [1.54, 1.807) is 6.92 Å². The zero-order chi connectivity index (χ0) is 17.5. The number of benzene rings is 1. The third-order valence-electron chi connectivity index (χ3n) is 3.54. The minimum absolute atomic E-state index is 0.0177. The maximum Gasteiger partial charge on any atom is 0.339 e. The highest BCUT2D eigenvalue weighted by molar-refractivity contribution is 5.96. The van der Waals surface area contributed by atoms with E-state index in [1.807, 2.05) is 31.2 Å². The molecule has 0 atom stereocenters. The van der Waals surface area contributed by atoms with Gasteiger partial charge in [0.15, 0.2) is 5.76 Å². The van der Waals surface area contributed by atoms with Gasteiger partial charge in [-0.1, -0.05) is 25.1 Å². The summed E-state index contributed by atoms with van der Waals surface area (Å²) < 4.78 is 10.9. The molecule has 0 radical (unpaired) electrons. The van der Waals surface area contributed by atoms with Crippen molar-refractivity contribution in [1.29, 1.82) is 0 Å². The minimum atomic E-state index is -1.10. The van der Waals surface area contributed by atoms with E-state index in [0.717, 1.165) is 11.3 Å². The van der Waals surface area contributed by atoms with Crippen LogP contribution in [0.1, 0.15) is 45.6 Å². The summed E-state index contributed by atoms with van der Waals surface area (Å²) in [7, 11) is 0. The van der Waals surface area contributed by atoms with Crippen molar-refractivity contribution in [3.8, 4) is 5.75 Å². The molecule has 24 heavy (non-hydrogen) atoms. The van der Waals surface area contributed by atoms with Crippen LogP contribution in [0.25, 0.3) is 0 Å². The van der Waals surface area contributed by atoms with E-state index in [0.29, 0.717) is 31.8 Å². The Kier molecular flexibility index (Phi) is 6.01. The van der Waals surface area contributed by atoms with Crippen LogP contribution in [-0.4, -0.2) is 30.1 Å². The molecule has 0 aliphatic heterocycles. The summed E-state index contributed by atoms with van der Waals surface area (Å²) in [5.41, 5.74) is 1.09. The standard InChI is InChI=1S/C18H21NO5/c1-3-14-13(18(21)22)11-16(24-14)17(20)19-9-6-10-23-15-8-5-4-7-12(15)2/h4-5,7-8,11H,3,6,9-10H2,1-2H3,(H,19,20)(H,21,22). The van der Waals surface area contributed by atoms with E-state index in [-0.39, 0.29) is 11.3 Å². The molecule has 0 aliphatic carbocycles. The summed E-state index contributed by atoms with van der Waals surface area (Å²) in [5.74, 6) is -0.373. The zero-order valence-electron chi connectivity index (χ0n) is 13.8. The Labute approximate surface area is 140 Å². The Morgan fingerprint density at radius 2 is 2.04 bits per heavy atom. The highest BCUT2D eigenvalue weighted by Gasteiger charge is 2.19. The van der Waals surface area contributed by atoms with E-state index in [2.05, 4.69) is 5.32 Å². The first kappa shape index (κ1) is 17.6. The number of hydrogen-bond acceptors (Lipinski definition) is 4. The van der Waals surface area contributed by atoms with Crippen LogP contribution < -0.4 is 10.1 Å². The predicted octanol–water partition coefficient (Wildman–Crippen LogP) is 3.05. The summed E-state index contributed by atoms with van der Waals surface area (Å²) >= 11 is 0. The minimum Gasteiger partial charge on any atom is -0.493 e. The fourth-order valence-electron chi connectivity index (χ4n) is 2.25.